The quantitative estimate of drug-likeness (QED) is 0.776. The summed E-state index contributed by atoms with van der Waals surface area (Å²) in [6, 6.07) is 8.21. The van der Waals surface area contributed by atoms with Crippen molar-refractivity contribution in [1.82, 2.24) is 15.1 Å². The summed E-state index contributed by atoms with van der Waals surface area (Å²) in [6.07, 6.45) is 4.94. The van der Waals surface area contributed by atoms with Gasteiger partial charge in [-0.15, -0.1) is 0 Å². The van der Waals surface area contributed by atoms with E-state index in [1.807, 2.05) is 31.6 Å². The first-order chi connectivity index (χ1) is 9.28. The van der Waals surface area contributed by atoms with E-state index in [1.54, 1.807) is 4.68 Å². The summed E-state index contributed by atoms with van der Waals surface area (Å²) < 4.78 is 7.55. The van der Waals surface area contributed by atoms with Crippen LogP contribution in [-0.2, 0) is 20.2 Å². The fraction of sp³-hybridized carbons (Fsp3) is 0.400. The van der Waals surface area contributed by atoms with Gasteiger partial charge in [-0.05, 0) is 30.7 Å². The van der Waals surface area contributed by atoms with Crippen LogP contribution in [0.15, 0.2) is 36.7 Å². The van der Waals surface area contributed by atoms with Crippen LogP contribution < -0.4 is 10.1 Å². The van der Waals surface area contributed by atoms with E-state index in [4.69, 9.17) is 4.74 Å². The first-order valence-electron chi connectivity index (χ1n) is 6.68. The van der Waals surface area contributed by atoms with Crippen LogP contribution in [0.25, 0.3) is 0 Å². The molecule has 0 atom stereocenters. The molecule has 19 heavy (non-hydrogen) atoms. The molecule has 0 bridgehead atoms. The van der Waals surface area contributed by atoms with Crippen molar-refractivity contribution in [3.8, 4) is 5.75 Å². The molecule has 0 aliphatic rings. The highest BCUT2D eigenvalue weighted by atomic mass is 16.5. The number of benzene rings is 1. The molecule has 1 heterocycles. The van der Waals surface area contributed by atoms with Crippen molar-refractivity contribution in [3.63, 3.8) is 0 Å². The van der Waals surface area contributed by atoms with E-state index in [-0.39, 0.29) is 0 Å². The van der Waals surface area contributed by atoms with Gasteiger partial charge in [-0.3, -0.25) is 4.68 Å². The van der Waals surface area contributed by atoms with Crippen molar-refractivity contribution in [2.24, 2.45) is 7.05 Å². The highest BCUT2D eigenvalue weighted by Gasteiger charge is 2.00. The lowest BCUT2D eigenvalue weighted by molar-refractivity contribution is 0.305. The highest BCUT2D eigenvalue weighted by Crippen LogP contribution is 2.15. The Hall–Kier alpha value is -1.81. The van der Waals surface area contributed by atoms with Crippen molar-refractivity contribution >= 4 is 0 Å². The normalized spacial score (nSPS) is 10.6. The molecule has 0 amide bonds. The van der Waals surface area contributed by atoms with Crippen molar-refractivity contribution in [1.29, 1.82) is 0 Å². The fourth-order valence-corrected chi connectivity index (χ4v) is 1.87. The lowest BCUT2D eigenvalue weighted by atomic mass is 10.2. The molecule has 2 rings (SSSR count). The summed E-state index contributed by atoms with van der Waals surface area (Å²) >= 11 is 0. The Kier molecular flexibility index (Phi) is 4.98. The SMILES string of the molecule is CCCNCc1cccc(OCc2cnn(C)c2)c1. The van der Waals surface area contributed by atoms with Crippen LogP contribution in [-0.4, -0.2) is 16.3 Å². The van der Waals surface area contributed by atoms with E-state index in [1.165, 1.54) is 5.56 Å². The zero-order valence-electron chi connectivity index (χ0n) is 11.6. The molecule has 0 spiro atoms. The molecule has 4 nitrogen and oxygen atoms in total. The molecule has 0 fully saturated rings. The molecule has 1 aromatic heterocycles. The number of hydrogen-bond acceptors (Lipinski definition) is 3. The minimum Gasteiger partial charge on any atom is -0.489 e. The van der Waals surface area contributed by atoms with E-state index < -0.39 is 0 Å². The third-order valence-electron chi connectivity index (χ3n) is 2.82. The first kappa shape index (κ1) is 13.6. The summed E-state index contributed by atoms with van der Waals surface area (Å²) in [7, 11) is 1.91. The molecule has 0 saturated heterocycles. The van der Waals surface area contributed by atoms with Crippen LogP contribution in [0.3, 0.4) is 0 Å². The second-order valence-corrected chi connectivity index (χ2v) is 4.64. The minimum absolute atomic E-state index is 0.555. The number of ether oxygens (including phenoxy) is 1. The molecule has 0 unspecified atom stereocenters. The number of aromatic nitrogens is 2. The molecule has 1 N–H and O–H groups in total. The van der Waals surface area contributed by atoms with E-state index >= 15 is 0 Å². The van der Waals surface area contributed by atoms with Crippen molar-refractivity contribution < 1.29 is 4.74 Å². The van der Waals surface area contributed by atoms with Gasteiger partial charge in [-0.25, -0.2) is 0 Å². The number of aryl methyl sites for hydroxylation is 1. The van der Waals surface area contributed by atoms with Gasteiger partial charge in [0.25, 0.3) is 0 Å². The zero-order valence-corrected chi connectivity index (χ0v) is 11.6. The predicted octanol–water partition coefficient (Wildman–Crippen LogP) is 2.50. The largest absolute Gasteiger partial charge is 0.489 e. The summed E-state index contributed by atoms with van der Waals surface area (Å²) in [5, 5.41) is 7.51. The van der Waals surface area contributed by atoms with Gasteiger partial charge in [0.15, 0.2) is 0 Å². The average molecular weight is 259 g/mol. The Morgan fingerprint density at radius 1 is 1.32 bits per heavy atom. The van der Waals surface area contributed by atoms with Gasteiger partial charge >= 0.3 is 0 Å². The zero-order chi connectivity index (χ0) is 13.5. The minimum atomic E-state index is 0.555. The molecule has 1 aromatic carbocycles. The van der Waals surface area contributed by atoms with Crippen LogP contribution in [0, 0.1) is 0 Å². The predicted molar refractivity (Wildman–Crippen MR) is 76.0 cm³/mol. The van der Waals surface area contributed by atoms with Crippen LogP contribution in [0.5, 0.6) is 5.75 Å². The Bertz CT molecular complexity index is 508. The third kappa shape index (κ3) is 4.41. The molecule has 0 aliphatic heterocycles. The molecule has 2 aromatic rings. The Labute approximate surface area is 114 Å². The Morgan fingerprint density at radius 2 is 2.21 bits per heavy atom. The maximum Gasteiger partial charge on any atom is 0.120 e. The van der Waals surface area contributed by atoms with Gasteiger partial charge in [0, 0.05) is 25.4 Å². The summed E-state index contributed by atoms with van der Waals surface area (Å²) in [6.45, 7) is 4.65. The number of rotatable bonds is 7. The van der Waals surface area contributed by atoms with Crippen LogP contribution in [0.4, 0.5) is 0 Å². The fourth-order valence-electron chi connectivity index (χ4n) is 1.87. The second-order valence-electron chi connectivity index (χ2n) is 4.64. The van der Waals surface area contributed by atoms with E-state index in [0.29, 0.717) is 6.61 Å². The van der Waals surface area contributed by atoms with E-state index in [9.17, 15) is 0 Å². The van der Waals surface area contributed by atoms with Gasteiger partial charge in [0.1, 0.15) is 12.4 Å². The van der Waals surface area contributed by atoms with Crippen molar-refractivity contribution in [3.05, 3.63) is 47.8 Å². The smallest absolute Gasteiger partial charge is 0.120 e. The van der Waals surface area contributed by atoms with Crippen LogP contribution >= 0.6 is 0 Å². The van der Waals surface area contributed by atoms with Gasteiger partial charge in [0.05, 0.1) is 6.20 Å². The van der Waals surface area contributed by atoms with Gasteiger partial charge in [0.2, 0.25) is 0 Å². The van der Waals surface area contributed by atoms with Gasteiger partial charge < -0.3 is 10.1 Å². The summed E-state index contributed by atoms with van der Waals surface area (Å²) in [4.78, 5) is 0. The average Bonchev–Trinajstić information content (AvgIpc) is 2.83. The second kappa shape index (κ2) is 6.95. The molecule has 102 valence electrons. The highest BCUT2D eigenvalue weighted by molar-refractivity contribution is 5.28. The monoisotopic (exact) mass is 259 g/mol. The van der Waals surface area contributed by atoms with Crippen molar-refractivity contribution in [2.45, 2.75) is 26.5 Å². The van der Waals surface area contributed by atoms with Crippen LogP contribution in [0.2, 0.25) is 0 Å². The molecule has 4 heteroatoms. The summed E-state index contributed by atoms with van der Waals surface area (Å²) in [5.41, 5.74) is 2.33. The first-order valence-corrected chi connectivity index (χ1v) is 6.68. The molecule has 0 saturated carbocycles. The standard InChI is InChI=1S/C15H21N3O/c1-3-7-16-9-13-5-4-6-15(8-13)19-12-14-10-17-18(2)11-14/h4-6,8,10-11,16H,3,7,9,12H2,1-2H3. The number of nitrogens with one attached hydrogen (secondary N) is 1. The van der Waals surface area contributed by atoms with Gasteiger partial charge in [-0.1, -0.05) is 19.1 Å². The lowest BCUT2D eigenvalue weighted by Crippen LogP contribution is -2.13. The third-order valence-corrected chi connectivity index (χ3v) is 2.82. The van der Waals surface area contributed by atoms with Gasteiger partial charge in [-0.2, -0.15) is 5.10 Å². The van der Waals surface area contributed by atoms with E-state index in [0.717, 1.165) is 30.8 Å². The molecular formula is C15H21N3O. The maximum atomic E-state index is 5.77. The number of hydrogen-bond donors (Lipinski definition) is 1. The van der Waals surface area contributed by atoms with Crippen LogP contribution in [0.1, 0.15) is 24.5 Å². The Morgan fingerprint density at radius 3 is 2.95 bits per heavy atom. The maximum absolute atomic E-state index is 5.77. The lowest BCUT2D eigenvalue weighted by Gasteiger charge is -2.07. The Balaban J connectivity index is 1.87. The summed E-state index contributed by atoms with van der Waals surface area (Å²) in [5.74, 6) is 0.902. The van der Waals surface area contributed by atoms with Crippen molar-refractivity contribution in [2.75, 3.05) is 6.54 Å². The number of nitrogens with zero attached hydrogens (tertiary/aromatic N) is 2. The molecular weight excluding hydrogens is 238 g/mol. The molecule has 0 radical (unpaired) electrons. The van der Waals surface area contributed by atoms with E-state index in [2.05, 4.69) is 29.5 Å². The molecule has 0 aliphatic carbocycles. The topological polar surface area (TPSA) is 39.1 Å².